The molecule has 0 amide bonds. The van der Waals surface area contributed by atoms with Gasteiger partial charge >= 0.3 is 0 Å². The highest BCUT2D eigenvalue weighted by Gasteiger charge is 2.11. The minimum atomic E-state index is 0.891. The van der Waals surface area contributed by atoms with E-state index in [1.54, 1.807) is 0 Å². The Hall–Kier alpha value is -3.59. The number of aromatic nitrogens is 3. The molecule has 0 unspecified atom stereocenters. The van der Waals surface area contributed by atoms with Crippen LogP contribution in [0.1, 0.15) is 5.56 Å². The van der Waals surface area contributed by atoms with Gasteiger partial charge in [0, 0.05) is 45.5 Å². The monoisotopic (exact) mass is 335 g/mol. The Morgan fingerprint density at radius 2 is 1.85 bits per heavy atom. The van der Waals surface area contributed by atoms with Crippen molar-refractivity contribution < 1.29 is 0 Å². The third-order valence-electron chi connectivity index (χ3n) is 4.81. The lowest BCUT2D eigenvalue weighted by atomic mass is 10.0. The molecule has 0 bridgehead atoms. The van der Waals surface area contributed by atoms with Gasteiger partial charge in [0.05, 0.1) is 0 Å². The average molecular weight is 335 g/mol. The van der Waals surface area contributed by atoms with Crippen molar-refractivity contribution in [2.75, 3.05) is 0 Å². The van der Waals surface area contributed by atoms with Crippen molar-refractivity contribution in [3.05, 3.63) is 85.2 Å². The zero-order valence-electron chi connectivity index (χ0n) is 14.2. The van der Waals surface area contributed by atoms with E-state index in [4.69, 9.17) is 0 Å². The summed E-state index contributed by atoms with van der Waals surface area (Å²) in [5.74, 6) is 0. The normalized spacial score (nSPS) is 11.2. The first kappa shape index (κ1) is 14.7. The first-order valence-corrected chi connectivity index (χ1v) is 8.60. The number of hydrogen-bond donors (Lipinski definition) is 2. The number of benzene rings is 2. The summed E-state index contributed by atoms with van der Waals surface area (Å²) in [6.45, 7) is 3.86. The molecule has 0 atom stereocenters. The molecule has 3 heteroatoms. The molecule has 0 saturated carbocycles. The fraction of sp³-hybridized carbons (Fsp3) is 0. The lowest BCUT2D eigenvalue weighted by Gasteiger charge is -2.04. The molecule has 0 aliphatic rings. The molecule has 0 fully saturated rings. The van der Waals surface area contributed by atoms with Crippen molar-refractivity contribution in [1.29, 1.82) is 0 Å². The van der Waals surface area contributed by atoms with Gasteiger partial charge in [-0.25, -0.2) is 4.98 Å². The predicted octanol–water partition coefficient (Wildman–Crippen LogP) is 6.02. The predicted molar refractivity (Wildman–Crippen MR) is 109 cm³/mol. The van der Waals surface area contributed by atoms with E-state index >= 15 is 0 Å². The van der Waals surface area contributed by atoms with Crippen LogP contribution in [0.4, 0.5) is 0 Å². The maximum Gasteiger partial charge on any atom is 0.137 e. The lowest BCUT2D eigenvalue weighted by Crippen LogP contribution is -1.83. The Bertz CT molecular complexity index is 1220. The second-order valence-corrected chi connectivity index (χ2v) is 6.42. The third kappa shape index (κ3) is 2.33. The van der Waals surface area contributed by atoms with E-state index in [9.17, 15) is 0 Å². The lowest BCUT2D eigenvalue weighted by molar-refractivity contribution is 1.32. The van der Waals surface area contributed by atoms with Gasteiger partial charge in [-0.1, -0.05) is 49.1 Å². The Balaban J connectivity index is 1.68. The van der Waals surface area contributed by atoms with Crippen molar-refractivity contribution in [3.8, 4) is 22.4 Å². The molecular weight excluding hydrogens is 318 g/mol. The van der Waals surface area contributed by atoms with Gasteiger partial charge in [0.2, 0.25) is 0 Å². The maximum absolute atomic E-state index is 4.62. The highest BCUT2D eigenvalue weighted by atomic mass is 14.8. The number of aromatic amines is 2. The molecule has 2 N–H and O–H groups in total. The second-order valence-electron chi connectivity index (χ2n) is 6.42. The topological polar surface area (TPSA) is 44.5 Å². The molecule has 3 nitrogen and oxygen atoms in total. The summed E-state index contributed by atoms with van der Waals surface area (Å²) in [6, 6.07) is 21.0. The van der Waals surface area contributed by atoms with Gasteiger partial charge in [-0.05, 0) is 35.4 Å². The molecule has 0 saturated heterocycles. The largest absolute Gasteiger partial charge is 0.354 e. The number of fused-ring (bicyclic) bond motifs is 2. The van der Waals surface area contributed by atoms with Crippen LogP contribution < -0.4 is 0 Å². The highest BCUT2D eigenvalue weighted by molar-refractivity contribution is 5.98. The molecule has 5 aromatic rings. The van der Waals surface area contributed by atoms with E-state index in [1.165, 1.54) is 5.39 Å². The Labute approximate surface area is 151 Å². The third-order valence-corrected chi connectivity index (χ3v) is 4.81. The maximum atomic E-state index is 4.62. The van der Waals surface area contributed by atoms with Gasteiger partial charge in [0.1, 0.15) is 5.65 Å². The van der Waals surface area contributed by atoms with Gasteiger partial charge in [0.25, 0.3) is 0 Å². The van der Waals surface area contributed by atoms with E-state index < -0.39 is 0 Å². The molecule has 0 aliphatic carbocycles. The van der Waals surface area contributed by atoms with Crippen LogP contribution in [0.2, 0.25) is 0 Å². The fourth-order valence-electron chi connectivity index (χ4n) is 3.45. The summed E-state index contributed by atoms with van der Waals surface area (Å²) >= 11 is 0. The summed E-state index contributed by atoms with van der Waals surface area (Å²) in [5.41, 5.74) is 7.59. The van der Waals surface area contributed by atoms with Crippen molar-refractivity contribution in [2.24, 2.45) is 0 Å². The van der Waals surface area contributed by atoms with Gasteiger partial charge in [0.15, 0.2) is 0 Å². The van der Waals surface area contributed by atoms with Gasteiger partial charge < -0.3 is 9.97 Å². The van der Waals surface area contributed by atoms with Gasteiger partial charge in [-0.15, -0.1) is 0 Å². The molecule has 0 aliphatic heterocycles. The van der Waals surface area contributed by atoms with Gasteiger partial charge in [-0.3, -0.25) is 0 Å². The molecule has 5 rings (SSSR count). The zero-order valence-corrected chi connectivity index (χ0v) is 14.2. The zero-order chi connectivity index (χ0) is 17.5. The second kappa shape index (κ2) is 5.74. The highest BCUT2D eigenvalue weighted by Crippen LogP contribution is 2.32. The Morgan fingerprint density at radius 1 is 0.923 bits per heavy atom. The van der Waals surface area contributed by atoms with Crippen LogP contribution >= 0.6 is 0 Å². The molecule has 3 aromatic heterocycles. The van der Waals surface area contributed by atoms with Crippen LogP contribution in [0.25, 0.3) is 50.4 Å². The molecular formula is C23H17N3. The minimum absolute atomic E-state index is 0.891. The SMILES string of the molecule is C=Cc1cccc(-c2cnc3[nH]cc(-c4cc5ccccc5[nH]4)c3c2)c1. The molecule has 124 valence electrons. The minimum Gasteiger partial charge on any atom is -0.354 e. The molecule has 2 aromatic carbocycles. The first-order chi connectivity index (χ1) is 12.8. The van der Waals surface area contributed by atoms with Gasteiger partial charge in [-0.2, -0.15) is 0 Å². The van der Waals surface area contributed by atoms with Crippen LogP contribution in [0.5, 0.6) is 0 Å². The number of para-hydroxylation sites is 1. The Morgan fingerprint density at radius 3 is 2.73 bits per heavy atom. The quantitative estimate of drug-likeness (QED) is 0.416. The van der Waals surface area contributed by atoms with E-state index in [0.717, 1.165) is 44.5 Å². The molecule has 26 heavy (non-hydrogen) atoms. The number of rotatable bonds is 3. The summed E-state index contributed by atoms with van der Waals surface area (Å²) in [6.07, 6.45) is 5.80. The van der Waals surface area contributed by atoms with Crippen LogP contribution in [0.3, 0.4) is 0 Å². The number of nitrogens with zero attached hydrogens (tertiary/aromatic N) is 1. The first-order valence-electron chi connectivity index (χ1n) is 8.60. The van der Waals surface area contributed by atoms with E-state index in [2.05, 4.69) is 70.1 Å². The molecule has 0 spiro atoms. The molecule has 3 heterocycles. The Kier molecular flexibility index (Phi) is 3.25. The van der Waals surface area contributed by atoms with E-state index in [1.807, 2.05) is 30.6 Å². The molecule has 0 radical (unpaired) electrons. The van der Waals surface area contributed by atoms with Crippen molar-refractivity contribution in [1.82, 2.24) is 15.0 Å². The van der Waals surface area contributed by atoms with Crippen molar-refractivity contribution >= 4 is 28.0 Å². The van der Waals surface area contributed by atoms with Crippen LogP contribution in [0.15, 0.2) is 79.6 Å². The number of pyridine rings is 1. The van der Waals surface area contributed by atoms with Crippen LogP contribution in [-0.2, 0) is 0 Å². The van der Waals surface area contributed by atoms with Crippen LogP contribution in [0, 0.1) is 0 Å². The fourth-order valence-corrected chi connectivity index (χ4v) is 3.45. The summed E-state index contributed by atoms with van der Waals surface area (Å²) in [7, 11) is 0. The standard InChI is InChI=1S/C23H17N3/c1-2-15-6-5-8-16(10-15)18-11-19-20(14-25-23(19)24-13-18)22-12-17-7-3-4-9-21(17)26-22/h2-14,26H,1H2,(H,24,25). The average Bonchev–Trinajstić information content (AvgIpc) is 3.31. The summed E-state index contributed by atoms with van der Waals surface area (Å²) in [5, 5.41) is 2.32. The van der Waals surface area contributed by atoms with Crippen molar-refractivity contribution in [2.45, 2.75) is 0 Å². The van der Waals surface area contributed by atoms with E-state index in [-0.39, 0.29) is 0 Å². The van der Waals surface area contributed by atoms with E-state index in [0.29, 0.717) is 0 Å². The number of nitrogens with one attached hydrogen (secondary N) is 2. The number of H-pyrrole nitrogens is 2. The summed E-state index contributed by atoms with van der Waals surface area (Å²) < 4.78 is 0. The van der Waals surface area contributed by atoms with Crippen molar-refractivity contribution in [3.63, 3.8) is 0 Å². The van der Waals surface area contributed by atoms with Crippen LogP contribution in [-0.4, -0.2) is 15.0 Å². The smallest absolute Gasteiger partial charge is 0.137 e. The number of hydrogen-bond acceptors (Lipinski definition) is 1. The summed E-state index contributed by atoms with van der Waals surface area (Å²) in [4.78, 5) is 11.4.